The van der Waals surface area contributed by atoms with E-state index in [0.717, 1.165) is 34.3 Å². The number of carbonyl (C=O) groups excluding carboxylic acids is 1. The lowest BCUT2D eigenvalue weighted by Crippen LogP contribution is -2.41. The van der Waals surface area contributed by atoms with Crippen LogP contribution in [0.1, 0.15) is 49.6 Å². The summed E-state index contributed by atoms with van der Waals surface area (Å²) in [5.41, 5.74) is 2.25. The zero-order valence-electron chi connectivity index (χ0n) is 17.2. The van der Waals surface area contributed by atoms with Crippen molar-refractivity contribution >= 4 is 17.7 Å². The van der Waals surface area contributed by atoms with Crippen LogP contribution in [0.3, 0.4) is 0 Å². The van der Waals surface area contributed by atoms with Crippen LogP contribution in [0.15, 0.2) is 23.4 Å². The normalized spacial score (nSPS) is 19.4. The number of benzene rings is 1. The Labute approximate surface area is 171 Å². The first-order valence-corrected chi connectivity index (χ1v) is 10.9. The zero-order chi connectivity index (χ0) is 20.1. The minimum atomic E-state index is 0.0694. The number of thioether (sulfide) groups is 1. The highest BCUT2D eigenvalue weighted by Crippen LogP contribution is 2.24. The van der Waals surface area contributed by atoms with E-state index in [0.29, 0.717) is 24.3 Å². The van der Waals surface area contributed by atoms with Crippen molar-refractivity contribution < 1.29 is 9.53 Å². The molecule has 6 nitrogen and oxygen atoms in total. The number of nitrogens with one attached hydrogen (secondary N) is 1. The summed E-state index contributed by atoms with van der Waals surface area (Å²) in [6.07, 6.45) is 4.76. The lowest BCUT2D eigenvalue weighted by atomic mass is 9.86. The molecule has 7 heteroatoms. The topological polar surface area (TPSA) is 69.0 Å². The Morgan fingerprint density at radius 2 is 2.07 bits per heavy atom. The number of hydrogen-bond acceptors (Lipinski definition) is 5. The Balaban J connectivity index is 1.51. The molecule has 1 aromatic heterocycles. The van der Waals surface area contributed by atoms with Crippen LogP contribution in [-0.2, 0) is 18.4 Å². The number of rotatable bonds is 7. The highest BCUT2D eigenvalue weighted by Gasteiger charge is 2.23. The van der Waals surface area contributed by atoms with Gasteiger partial charge in [-0.15, -0.1) is 10.2 Å². The van der Waals surface area contributed by atoms with Crippen molar-refractivity contribution in [3.63, 3.8) is 0 Å². The third kappa shape index (κ3) is 5.28. The van der Waals surface area contributed by atoms with E-state index >= 15 is 0 Å². The fraction of sp³-hybridized carbons (Fsp3) is 0.571. The molecule has 2 atom stereocenters. The van der Waals surface area contributed by atoms with Crippen LogP contribution >= 0.6 is 11.8 Å². The SMILES string of the molecule is Cc1ccc(C)c(OCc2nnc(SCC(=O)N[C@@H]3CCCC[C@H]3C)n2C)c1. The smallest absolute Gasteiger partial charge is 0.230 e. The van der Waals surface area contributed by atoms with E-state index in [1.165, 1.54) is 31.0 Å². The van der Waals surface area contributed by atoms with Crippen LogP contribution in [0.4, 0.5) is 0 Å². The van der Waals surface area contributed by atoms with Crippen molar-refractivity contribution in [3.8, 4) is 5.75 Å². The van der Waals surface area contributed by atoms with Gasteiger partial charge in [0.2, 0.25) is 5.91 Å². The summed E-state index contributed by atoms with van der Waals surface area (Å²) in [7, 11) is 1.91. The van der Waals surface area contributed by atoms with Crippen LogP contribution in [0.25, 0.3) is 0 Å². The first-order chi connectivity index (χ1) is 13.4. The number of carbonyl (C=O) groups is 1. The predicted molar refractivity (Wildman–Crippen MR) is 112 cm³/mol. The molecule has 1 aliphatic rings. The summed E-state index contributed by atoms with van der Waals surface area (Å²) < 4.78 is 7.82. The van der Waals surface area contributed by atoms with Gasteiger partial charge in [-0.05, 0) is 49.8 Å². The van der Waals surface area contributed by atoms with Crippen LogP contribution in [-0.4, -0.2) is 32.5 Å². The molecule has 1 fully saturated rings. The monoisotopic (exact) mass is 402 g/mol. The molecule has 1 N–H and O–H groups in total. The summed E-state index contributed by atoms with van der Waals surface area (Å²) in [6, 6.07) is 6.45. The van der Waals surface area contributed by atoms with Gasteiger partial charge in [0.15, 0.2) is 11.0 Å². The summed E-state index contributed by atoms with van der Waals surface area (Å²) in [5, 5.41) is 12.4. The minimum Gasteiger partial charge on any atom is -0.485 e. The van der Waals surface area contributed by atoms with Gasteiger partial charge in [0.25, 0.3) is 0 Å². The van der Waals surface area contributed by atoms with E-state index in [2.05, 4.69) is 34.6 Å². The Morgan fingerprint density at radius 1 is 1.29 bits per heavy atom. The number of nitrogens with zero attached hydrogens (tertiary/aromatic N) is 3. The molecule has 0 saturated heterocycles. The molecule has 28 heavy (non-hydrogen) atoms. The maximum absolute atomic E-state index is 12.3. The standard InChI is InChI=1S/C21H30N4O2S/c1-14-9-10-16(3)18(11-14)27-12-19-23-24-21(25(19)4)28-13-20(26)22-17-8-6-5-7-15(17)2/h9-11,15,17H,5-8,12-13H2,1-4H3,(H,22,26)/t15-,17-/m1/s1. The van der Waals surface area contributed by atoms with Crippen LogP contribution < -0.4 is 10.1 Å². The van der Waals surface area contributed by atoms with Crippen LogP contribution in [0, 0.1) is 19.8 Å². The molecular formula is C21H30N4O2S. The van der Waals surface area contributed by atoms with E-state index < -0.39 is 0 Å². The van der Waals surface area contributed by atoms with E-state index in [-0.39, 0.29) is 5.91 Å². The lowest BCUT2D eigenvalue weighted by Gasteiger charge is -2.29. The summed E-state index contributed by atoms with van der Waals surface area (Å²) in [6.45, 7) is 6.64. The molecule has 1 saturated carbocycles. The lowest BCUT2D eigenvalue weighted by molar-refractivity contribution is -0.119. The average Bonchev–Trinajstić information content (AvgIpc) is 3.02. The molecule has 1 aromatic carbocycles. The third-order valence-corrected chi connectivity index (χ3v) is 6.44. The van der Waals surface area contributed by atoms with Crippen LogP contribution in [0.2, 0.25) is 0 Å². The molecular weight excluding hydrogens is 372 g/mol. The van der Waals surface area contributed by atoms with Gasteiger partial charge < -0.3 is 14.6 Å². The molecule has 0 radical (unpaired) electrons. The number of aryl methyl sites for hydroxylation is 2. The minimum absolute atomic E-state index is 0.0694. The number of amides is 1. The summed E-state index contributed by atoms with van der Waals surface area (Å²) in [5.74, 6) is 2.58. The van der Waals surface area contributed by atoms with E-state index in [9.17, 15) is 4.79 Å². The van der Waals surface area contributed by atoms with Gasteiger partial charge in [-0.2, -0.15) is 0 Å². The molecule has 0 spiro atoms. The number of hydrogen-bond donors (Lipinski definition) is 1. The molecule has 0 bridgehead atoms. The Morgan fingerprint density at radius 3 is 2.86 bits per heavy atom. The highest BCUT2D eigenvalue weighted by atomic mass is 32.2. The Kier molecular flexibility index (Phi) is 6.99. The van der Waals surface area contributed by atoms with Gasteiger partial charge in [0.1, 0.15) is 12.4 Å². The second kappa shape index (κ2) is 9.45. The largest absolute Gasteiger partial charge is 0.485 e. The summed E-state index contributed by atoms with van der Waals surface area (Å²) in [4.78, 5) is 12.3. The van der Waals surface area contributed by atoms with Gasteiger partial charge in [0, 0.05) is 13.1 Å². The average molecular weight is 403 g/mol. The second-order valence-electron chi connectivity index (χ2n) is 7.74. The van der Waals surface area contributed by atoms with Crippen molar-refractivity contribution in [2.24, 2.45) is 13.0 Å². The van der Waals surface area contributed by atoms with Gasteiger partial charge in [0.05, 0.1) is 5.75 Å². The molecule has 0 unspecified atom stereocenters. The van der Waals surface area contributed by atoms with Crippen molar-refractivity contribution in [3.05, 3.63) is 35.2 Å². The molecule has 0 aliphatic heterocycles. The second-order valence-corrected chi connectivity index (χ2v) is 8.68. The van der Waals surface area contributed by atoms with Gasteiger partial charge in [-0.3, -0.25) is 4.79 Å². The van der Waals surface area contributed by atoms with Gasteiger partial charge >= 0.3 is 0 Å². The van der Waals surface area contributed by atoms with E-state index in [4.69, 9.17) is 4.74 Å². The zero-order valence-corrected chi connectivity index (χ0v) is 18.0. The first-order valence-electron chi connectivity index (χ1n) is 9.94. The molecule has 1 aliphatic carbocycles. The fourth-order valence-electron chi connectivity index (χ4n) is 3.51. The molecule has 2 aromatic rings. The molecule has 1 amide bonds. The van der Waals surface area contributed by atoms with Crippen molar-refractivity contribution in [2.75, 3.05) is 5.75 Å². The first kappa shape index (κ1) is 20.7. The highest BCUT2D eigenvalue weighted by molar-refractivity contribution is 7.99. The third-order valence-electron chi connectivity index (χ3n) is 5.42. The van der Waals surface area contributed by atoms with Crippen molar-refractivity contribution in [2.45, 2.75) is 64.3 Å². The van der Waals surface area contributed by atoms with Gasteiger partial charge in [-0.25, -0.2) is 0 Å². The van der Waals surface area contributed by atoms with Gasteiger partial charge in [-0.1, -0.05) is 43.7 Å². The van der Waals surface area contributed by atoms with Crippen LogP contribution in [0.5, 0.6) is 5.75 Å². The molecule has 152 valence electrons. The number of ether oxygens (including phenoxy) is 1. The quantitative estimate of drug-likeness (QED) is 0.714. The number of aromatic nitrogens is 3. The van der Waals surface area contributed by atoms with Crippen molar-refractivity contribution in [1.29, 1.82) is 0 Å². The van der Waals surface area contributed by atoms with E-state index in [1.54, 1.807) is 0 Å². The Bertz CT molecular complexity index is 821. The predicted octanol–water partition coefficient (Wildman–Crippen LogP) is 3.80. The maximum Gasteiger partial charge on any atom is 0.230 e. The Hall–Kier alpha value is -2.02. The summed E-state index contributed by atoms with van der Waals surface area (Å²) >= 11 is 1.41. The van der Waals surface area contributed by atoms with Crippen molar-refractivity contribution in [1.82, 2.24) is 20.1 Å². The molecule has 1 heterocycles. The van der Waals surface area contributed by atoms with E-state index in [1.807, 2.05) is 31.5 Å². The fourth-order valence-corrected chi connectivity index (χ4v) is 4.25. The molecule has 3 rings (SSSR count). The maximum atomic E-state index is 12.3.